The van der Waals surface area contributed by atoms with Gasteiger partial charge >= 0.3 is 0 Å². The van der Waals surface area contributed by atoms with Gasteiger partial charge in [0.15, 0.2) is 0 Å². The summed E-state index contributed by atoms with van der Waals surface area (Å²) in [6.45, 7) is 2.41. The Hall–Kier alpha value is -4.00. The molecule has 7 nitrogen and oxygen atoms in total. The third-order valence-electron chi connectivity index (χ3n) is 5.97. The molecular weight excluding hydrogens is 454 g/mol. The number of amides is 2. The van der Waals surface area contributed by atoms with Gasteiger partial charge in [-0.05, 0) is 55.3 Å². The zero-order chi connectivity index (χ0) is 25.0. The Morgan fingerprint density at radius 1 is 0.778 bits per heavy atom. The first-order valence-corrected chi connectivity index (χ1v) is 12.5. The predicted molar refractivity (Wildman–Crippen MR) is 142 cm³/mol. The quantitative estimate of drug-likeness (QED) is 0.384. The summed E-state index contributed by atoms with van der Waals surface area (Å²) in [7, 11) is 0. The highest BCUT2D eigenvalue weighted by atomic mass is 16.5. The first-order valence-electron chi connectivity index (χ1n) is 12.5. The molecule has 0 saturated carbocycles. The van der Waals surface area contributed by atoms with Crippen LogP contribution in [0.4, 0.5) is 11.4 Å². The summed E-state index contributed by atoms with van der Waals surface area (Å²) >= 11 is 0. The summed E-state index contributed by atoms with van der Waals surface area (Å²) < 4.78 is 11.5. The highest BCUT2D eigenvalue weighted by Gasteiger charge is 2.17. The molecule has 7 heteroatoms. The van der Waals surface area contributed by atoms with E-state index in [-0.39, 0.29) is 18.4 Å². The predicted octanol–water partition coefficient (Wildman–Crippen LogP) is 5.21. The molecule has 36 heavy (non-hydrogen) atoms. The Kier molecular flexibility index (Phi) is 9.19. The van der Waals surface area contributed by atoms with Crippen molar-refractivity contribution in [3.8, 4) is 11.5 Å². The maximum absolute atomic E-state index is 12.9. The summed E-state index contributed by atoms with van der Waals surface area (Å²) in [5.74, 6) is 1.20. The molecule has 4 rings (SSSR count). The van der Waals surface area contributed by atoms with Gasteiger partial charge in [0.25, 0.3) is 5.91 Å². The molecule has 0 aromatic heterocycles. The summed E-state index contributed by atoms with van der Waals surface area (Å²) in [6.07, 6.45) is 4.45. The molecule has 1 fully saturated rings. The number of likely N-dealkylation sites (tertiary alicyclic amines) is 1. The number of carbonyl (C=O) groups is 2. The first-order chi connectivity index (χ1) is 17.7. The van der Waals surface area contributed by atoms with Crippen molar-refractivity contribution in [2.24, 2.45) is 0 Å². The molecule has 1 heterocycles. The van der Waals surface area contributed by atoms with Gasteiger partial charge in [0.05, 0.1) is 12.2 Å². The number of ether oxygens (including phenoxy) is 2. The Bertz CT molecular complexity index is 1130. The third kappa shape index (κ3) is 7.50. The molecule has 0 aliphatic carbocycles. The third-order valence-corrected chi connectivity index (χ3v) is 5.97. The first kappa shape index (κ1) is 25.1. The van der Waals surface area contributed by atoms with Crippen molar-refractivity contribution < 1.29 is 19.1 Å². The van der Waals surface area contributed by atoms with Crippen LogP contribution in [0.3, 0.4) is 0 Å². The van der Waals surface area contributed by atoms with Crippen LogP contribution in [0.1, 0.15) is 36.0 Å². The van der Waals surface area contributed by atoms with E-state index in [1.54, 1.807) is 6.07 Å². The highest BCUT2D eigenvalue weighted by molar-refractivity contribution is 5.96. The summed E-state index contributed by atoms with van der Waals surface area (Å²) in [5.41, 5.74) is 1.96. The maximum atomic E-state index is 12.9. The van der Waals surface area contributed by atoms with Crippen LogP contribution in [0.25, 0.3) is 0 Å². The van der Waals surface area contributed by atoms with Gasteiger partial charge in [-0.3, -0.25) is 9.59 Å². The number of nitrogens with one attached hydrogen (secondary N) is 2. The molecule has 0 radical (unpaired) electrons. The second-order valence-corrected chi connectivity index (χ2v) is 8.70. The number of anilines is 2. The summed E-state index contributed by atoms with van der Waals surface area (Å²) in [4.78, 5) is 27.5. The van der Waals surface area contributed by atoms with Gasteiger partial charge < -0.3 is 25.0 Å². The van der Waals surface area contributed by atoms with Crippen molar-refractivity contribution in [1.82, 2.24) is 4.90 Å². The van der Waals surface area contributed by atoms with Crippen LogP contribution in [0, 0.1) is 0 Å². The zero-order valence-corrected chi connectivity index (χ0v) is 20.4. The molecule has 3 aromatic carbocycles. The SMILES string of the molecule is O=C(CNc1cccc(C(=O)N2CCCCCC2)c1)Nc1ccccc1OCCOc1ccccc1. The summed E-state index contributed by atoms with van der Waals surface area (Å²) in [6, 6.07) is 24.2. The molecule has 188 valence electrons. The van der Waals surface area contributed by atoms with Gasteiger partial charge in [0, 0.05) is 24.3 Å². The number of rotatable bonds is 10. The number of para-hydroxylation sites is 3. The highest BCUT2D eigenvalue weighted by Crippen LogP contribution is 2.24. The minimum Gasteiger partial charge on any atom is -0.490 e. The van der Waals surface area contributed by atoms with Crippen molar-refractivity contribution in [2.75, 3.05) is 43.5 Å². The fraction of sp³-hybridized carbons (Fsp3) is 0.310. The molecule has 0 unspecified atom stereocenters. The van der Waals surface area contributed by atoms with E-state index in [0.717, 1.165) is 37.4 Å². The van der Waals surface area contributed by atoms with E-state index < -0.39 is 0 Å². The Morgan fingerprint density at radius 2 is 1.50 bits per heavy atom. The van der Waals surface area contributed by atoms with Crippen LogP contribution < -0.4 is 20.1 Å². The minimum atomic E-state index is -0.212. The average molecular weight is 488 g/mol. The number of nitrogens with zero attached hydrogens (tertiary/aromatic N) is 1. The number of hydrogen-bond donors (Lipinski definition) is 2. The van der Waals surface area contributed by atoms with E-state index in [1.165, 1.54) is 12.8 Å². The van der Waals surface area contributed by atoms with E-state index in [2.05, 4.69) is 10.6 Å². The lowest BCUT2D eigenvalue weighted by atomic mass is 10.1. The van der Waals surface area contributed by atoms with Gasteiger partial charge in [-0.25, -0.2) is 0 Å². The van der Waals surface area contributed by atoms with Crippen molar-refractivity contribution in [3.05, 3.63) is 84.4 Å². The minimum absolute atomic E-state index is 0.0484. The molecule has 1 aliphatic heterocycles. The van der Waals surface area contributed by atoms with Gasteiger partial charge in [0.2, 0.25) is 5.91 Å². The second-order valence-electron chi connectivity index (χ2n) is 8.70. The Labute approximate surface area is 212 Å². The molecule has 1 saturated heterocycles. The van der Waals surface area contributed by atoms with Crippen molar-refractivity contribution in [1.29, 1.82) is 0 Å². The zero-order valence-electron chi connectivity index (χ0n) is 20.4. The number of hydrogen-bond acceptors (Lipinski definition) is 5. The Morgan fingerprint density at radius 3 is 2.31 bits per heavy atom. The molecule has 0 bridgehead atoms. The molecule has 0 spiro atoms. The van der Waals surface area contributed by atoms with Gasteiger partial charge in [-0.1, -0.05) is 49.2 Å². The lowest BCUT2D eigenvalue weighted by molar-refractivity contribution is -0.114. The molecule has 0 atom stereocenters. The smallest absolute Gasteiger partial charge is 0.253 e. The van der Waals surface area contributed by atoms with Crippen LogP contribution in [-0.2, 0) is 4.79 Å². The van der Waals surface area contributed by atoms with E-state index >= 15 is 0 Å². The van der Waals surface area contributed by atoms with Crippen LogP contribution in [-0.4, -0.2) is 49.6 Å². The van der Waals surface area contributed by atoms with Crippen molar-refractivity contribution in [3.63, 3.8) is 0 Å². The lowest BCUT2D eigenvalue weighted by Crippen LogP contribution is -2.31. The number of carbonyl (C=O) groups excluding carboxylic acids is 2. The fourth-order valence-corrected chi connectivity index (χ4v) is 4.12. The van der Waals surface area contributed by atoms with Crippen LogP contribution >= 0.6 is 0 Å². The largest absolute Gasteiger partial charge is 0.490 e. The maximum Gasteiger partial charge on any atom is 0.253 e. The van der Waals surface area contributed by atoms with Crippen molar-refractivity contribution in [2.45, 2.75) is 25.7 Å². The van der Waals surface area contributed by atoms with Crippen LogP contribution in [0.15, 0.2) is 78.9 Å². The van der Waals surface area contributed by atoms with Gasteiger partial charge in [-0.15, -0.1) is 0 Å². The van der Waals surface area contributed by atoms with E-state index in [4.69, 9.17) is 9.47 Å². The van der Waals surface area contributed by atoms with E-state index in [9.17, 15) is 9.59 Å². The van der Waals surface area contributed by atoms with Crippen molar-refractivity contribution >= 4 is 23.2 Å². The van der Waals surface area contributed by atoms with Gasteiger partial charge in [0.1, 0.15) is 24.7 Å². The molecular formula is C29H33N3O4. The lowest BCUT2D eigenvalue weighted by Gasteiger charge is -2.20. The normalized spacial score (nSPS) is 13.4. The monoisotopic (exact) mass is 487 g/mol. The molecule has 1 aliphatic rings. The summed E-state index contributed by atoms with van der Waals surface area (Å²) in [5, 5.41) is 6.01. The molecule has 2 amide bonds. The van der Waals surface area contributed by atoms with Gasteiger partial charge in [-0.2, -0.15) is 0 Å². The van der Waals surface area contributed by atoms with E-state index in [0.29, 0.717) is 30.2 Å². The topological polar surface area (TPSA) is 79.9 Å². The number of benzene rings is 3. The van der Waals surface area contributed by atoms with E-state index in [1.807, 2.05) is 77.7 Å². The Balaban J connectivity index is 1.26. The standard InChI is InChI=1S/C29H33N3O4/c33-28(22-30-24-12-10-11-23(21-24)29(34)32-17-8-1-2-9-18-32)31-26-15-6-7-16-27(26)36-20-19-35-25-13-4-3-5-14-25/h3-7,10-16,21,30H,1-2,8-9,17-20,22H2,(H,31,33). The average Bonchev–Trinajstić information content (AvgIpc) is 3.21. The van der Waals surface area contributed by atoms with Crippen LogP contribution in [0.2, 0.25) is 0 Å². The fourth-order valence-electron chi connectivity index (χ4n) is 4.12. The molecule has 2 N–H and O–H groups in total. The molecule has 3 aromatic rings. The van der Waals surface area contributed by atoms with Crippen LogP contribution in [0.5, 0.6) is 11.5 Å². The second kappa shape index (κ2) is 13.2.